The van der Waals surface area contributed by atoms with Crippen molar-refractivity contribution in [2.45, 2.75) is 30.8 Å². The summed E-state index contributed by atoms with van der Waals surface area (Å²) in [4.78, 5) is 26.2. The molecule has 0 aromatic heterocycles. The van der Waals surface area contributed by atoms with Crippen LogP contribution in [0.1, 0.15) is 31.4 Å². The number of para-hydroxylation sites is 2. The summed E-state index contributed by atoms with van der Waals surface area (Å²) >= 11 is 8.41. The molecule has 0 saturated carbocycles. The quantitative estimate of drug-likeness (QED) is 0.0991. The largest absolute Gasteiger partial charge is 0.506 e. The Kier molecular flexibility index (Phi) is 11.1. The van der Waals surface area contributed by atoms with Crippen LogP contribution in [0.15, 0.2) is 86.7 Å². The zero-order chi connectivity index (χ0) is 27.7. The van der Waals surface area contributed by atoms with E-state index in [4.69, 9.17) is 10.5 Å². The molecule has 0 aliphatic carbocycles. The van der Waals surface area contributed by atoms with Crippen molar-refractivity contribution in [3.8, 4) is 5.75 Å². The number of nitrogens with two attached hydrogens (primary N) is 1. The SMILES string of the molecule is CSc1ccc(NC(=O)O[C@@H](c2cc(Br)cc(Br)c2O)[C@H](C)CC/C=C/C(=O)Nc2ccccc2N)cc1. The third kappa shape index (κ3) is 8.54. The van der Waals surface area contributed by atoms with Gasteiger partial charge in [-0.3, -0.25) is 10.1 Å². The first-order chi connectivity index (χ1) is 18.2. The van der Waals surface area contributed by atoms with Crippen molar-refractivity contribution in [2.75, 3.05) is 22.6 Å². The van der Waals surface area contributed by atoms with Crippen LogP contribution >= 0.6 is 43.6 Å². The number of aromatic hydroxyl groups is 1. The van der Waals surface area contributed by atoms with E-state index < -0.39 is 12.2 Å². The molecular formula is C28H29Br2N3O4S. The Morgan fingerprint density at radius 2 is 1.82 bits per heavy atom. The number of phenols is 1. The predicted molar refractivity (Wildman–Crippen MR) is 162 cm³/mol. The lowest BCUT2D eigenvalue weighted by molar-refractivity contribution is -0.111. The van der Waals surface area contributed by atoms with E-state index in [0.717, 1.165) is 9.37 Å². The van der Waals surface area contributed by atoms with Crippen LogP contribution in [-0.4, -0.2) is 23.4 Å². The summed E-state index contributed by atoms with van der Waals surface area (Å²) in [7, 11) is 0. The molecule has 0 bridgehead atoms. The summed E-state index contributed by atoms with van der Waals surface area (Å²) < 4.78 is 7.05. The van der Waals surface area contributed by atoms with Gasteiger partial charge in [-0.2, -0.15) is 0 Å². The minimum atomic E-state index is -0.749. The number of carbonyl (C=O) groups excluding carboxylic acids is 2. The molecule has 0 aliphatic heterocycles. The fourth-order valence-corrected chi connectivity index (χ4v) is 5.38. The number of nitrogen functional groups attached to an aromatic ring is 1. The monoisotopic (exact) mass is 661 g/mol. The van der Waals surface area contributed by atoms with E-state index in [1.807, 2.05) is 25.3 Å². The van der Waals surface area contributed by atoms with E-state index in [0.29, 0.717) is 39.9 Å². The van der Waals surface area contributed by atoms with Crippen molar-refractivity contribution < 1.29 is 19.4 Å². The van der Waals surface area contributed by atoms with Gasteiger partial charge in [0.1, 0.15) is 11.9 Å². The van der Waals surface area contributed by atoms with Gasteiger partial charge in [-0.25, -0.2) is 4.79 Å². The van der Waals surface area contributed by atoms with Crippen LogP contribution in [0.3, 0.4) is 0 Å². The number of rotatable bonds is 10. The first-order valence-electron chi connectivity index (χ1n) is 11.8. The number of phenolic OH excluding ortho intramolecular Hbond substituents is 1. The van der Waals surface area contributed by atoms with Crippen molar-refractivity contribution in [3.05, 3.63) is 87.3 Å². The van der Waals surface area contributed by atoms with Gasteiger partial charge >= 0.3 is 6.09 Å². The van der Waals surface area contributed by atoms with Gasteiger partial charge in [0, 0.05) is 20.6 Å². The number of hydrogen-bond acceptors (Lipinski definition) is 6. The molecule has 2 atom stereocenters. The average Bonchev–Trinajstić information content (AvgIpc) is 2.89. The maximum atomic E-state index is 12.8. The fourth-order valence-electron chi connectivity index (χ4n) is 3.71. The third-order valence-corrected chi connectivity index (χ3v) is 7.53. The van der Waals surface area contributed by atoms with Gasteiger partial charge in [-0.1, -0.05) is 41.1 Å². The molecule has 0 aliphatic rings. The maximum Gasteiger partial charge on any atom is 0.412 e. The lowest BCUT2D eigenvalue weighted by atomic mass is 9.92. The molecule has 38 heavy (non-hydrogen) atoms. The summed E-state index contributed by atoms with van der Waals surface area (Å²) in [6, 6.07) is 17.9. The van der Waals surface area contributed by atoms with Crippen molar-refractivity contribution in [1.29, 1.82) is 0 Å². The Labute approximate surface area is 243 Å². The Morgan fingerprint density at radius 1 is 1.11 bits per heavy atom. The molecule has 3 rings (SSSR count). The second-order valence-corrected chi connectivity index (χ2v) is 11.2. The van der Waals surface area contributed by atoms with Gasteiger partial charge in [0.15, 0.2) is 0 Å². The number of thioether (sulfide) groups is 1. The number of nitrogens with one attached hydrogen (secondary N) is 2. The molecule has 5 N–H and O–H groups in total. The smallest absolute Gasteiger partial charge is 0.412 e. The fraction of sp³-hybridized carbons (Fsp3) is 0.214. The minimum absolute atomic E-state index is 0.00227. The lowest BCUT2D eigenvalue weighted by Crippen LogP contribution is -2.22. The normalized spacial score (nSPS) is 12.6. The van der Waals surface area contributed by atoms with Crippen molar-refractivity contribution in [2.24, 2.45) is 5.92 Å². The van der Waals surface area contributed by atoms with Gasteiger partial charge < -0.3 is 20.9 Å². The molecule has 2 amide bonds. The van der Waals surface area contributed by atoms with Crippen LogP contribution in [0.2, 0.25) is 0 Å². The van der Waals surface area contributed by atoms with Crippen molar-refractivity contribution in [3.63, 3.8) is 0 Å². The van der Waals surface area contributed by atoms with Gasteiger partial charge in [0.25, 0.3) is 0 Å². The number of carbonyl (C=O) groups is 2. The van der Waals surface area contributed by atoms with Gasteiger partial charge in [-0.15, -0.1) is 11.8 Å². The summed E-state index contributed by atoms with van der Waals surface area (Å²) in [6.07, 6.45) is 4.93. The summed E-state index contributed by atoms with van der Waals surface area (Å²) in [5, 5.41) is 16.3. The standard InChI is InChI=1S/C28H29Br2N3O4S/c1-17(7-3-6-10-25(34)33-24-9-5-4-8-23(24)31)27(21-15-18(29)16-22(30)26(21)35)37-28(36)32-19-11-13-20(38-2)14-12-19/h4-6,8-17,27,35H,3,7,31H2,1-2H3,(H,32,36)(H,33,34)/b10-6+/t17-,27-/m1/s1. The second-order valence-electron chi connectivity index (χ2n) is 8.54. The Morgan fingerprint density at radius 3 is 2.50 bits per heavy atom. The molecule has 0 saturated heterocycles. The predicted octanol–water partition coefficient (Wildman–Crippen LogP) is 8.12. The summed E-state index contributed by atoms with van der Waals surface area (Å²) in [5.74, 6) is -0.481. The molecule has 200 valence electrons. The first-order valence-corrected chi connectivity index (χ1v) is 14.6. The molecule has 0 heterocycles. The van der Waals surface area contributed by atoms with E-state index >= 15 is 0 Å². The highest BCUT2D eigenvalue weighted by molar-refractivity contribution is 9.11. The molecule has 0 radical (unpaired) electrons. The average molecular weight is 663 g/mol. The van der Waals surface area contributed by atoms with Crippen molar-refractivity contribution >= 4 is 72.7 Å². The second kappa shape index (κ2) is 14.3. The Bertz CT molecular complexity index is 1300. The van der Waals surface area contributed by atoms with E-state index in [-0.39, 0.29) is 17.6 Å². The van der Waals surface area contributed by atoms with E-state index in [9.17, 15) is 14.7 Å². The van der Waals surface area contributed by atoms with Crippen LogP contribution in [0.4, 0.5) is 21.9 Å². The van der Waals surface area contributed by atoms with Crippen LogP contribution in [0.25, 0.3) is 0 Å². The Hall–Kier alpha value is -2.95. The molecule has 3 aromatic carbocycles. The highest BCUT2D eigenvalue weighted by Gasteiger charge is 2.27. The molecule has 0 unspecified atom stereocenters. The number of benzene rings is 3. The van der Waals surface area contributed by atoms with E-state index in [1.165, 1.54) is 6.08 Å². The lowest BCUT2D eigenvalue weighted by Gasteiger charge is -2.26. The first kappa shape index (κ1) is 29.6. The molecule has 0 fully saturated rings. The van der Waals surface area contributed by atoms with E-state index in [2.05, 4.69) is 42.5 Å². The maximum absolute atomic E-state index is 12.8. The number of ether oxygens (including phenoxy) is 1. The van der Waals surface area contributed by atoms with Crippen LogP contribution in [0, 0.1) is 5.92 Å². The highest BCUT2D eigenvalue weighted by Crippen LogP contribution is 2.41. The third-order valence-electron chi connectivity index (χ3n) is 5.73. The van der Waals surface area contributed by atoms with Crippen LogP contribution in [-0.2, 0) is 9.53 Å². The number of amides is 2. The number of hydrogen-bond donors (Lipinski definition) is 4. The Balaban J connectivity index is 1.69. The number of allylic oxidation sites excluding steroid dienone is 1. The molecule has 0 spiro atoms. The zero-order valence-corrected chi connectivity index (χ0v) is 24.9. The molecular weight excluding hydrogens is 634 g/mol. The summed E-state index contributed by atoms with van der Waals surface area (Å²) in [5.41, 5.74) is 7.98. The molecule has 3 aromatic rings. The number of halogens is 2. The van der Waals surface area contributed by atoms with E-state index in [1.54, 1.807) is 66.4 Å². The van der Waals surface area contributed by atoms with Crippen molar-refractivity contribution in [1.82, 2.24) is 0 Å². The zero-order valence-electron chi connectivity index (χ0n) is 20.9. The van der Waals surface area contributed by atoms with Gasteiger partial charge in [-0.05, 0) is 95.6 Å². The number of anilines is 3. The van der Waals surface area contributed by atoms with Crippen LogP contribution in [0.5, 0.6) is 5.75 Å². The molecule has 10 heteroatoms. The van der Waals surface area contributed by atoms with Gasteiger partial charge in [0.05, 0.1) is 15.8 Å². The highest BCUT2D eigenvalue weighted by atomic mass is 79.9. The van der Waals surface area contributed by atoms with Gasteiger partial charge in [0.2, 0.25) is 5.91 Å². The molecule has 7 nitrogen and oxygen atoms in total. The summed E-state index contributed by atoms with van der Waals surface area (Å²) in [6.45, 7) is 1.93. The van der Waals surface area contributed by atoms with Crippen LogP contribution < -0.4 is 16.4 Å². The minimum Gasteiger partial charge on any atom is -0.506 e. The topological polar surface area (TPSA) is 114 Å².